The lowest BCUT2D eigenvalue weighted by Gasteiger charge is -2.14. The van der Waals surface area contributed by atoms with E-state index in [-0.39, 0.29) is 11.7 Å². The smallest absolute Gasteiger partial charge is 0.198 e. The predicted octanol–water partition coefficient (Wildman–Crippen LogP) is 1.35. The Bertz CT molecular complexity index is 348. The number of rotatable bonds is 5. The molecule has 1 heterocycles. The largest absolute Gasteiger partial charge is 0.296 e. The van der Waals surface area contributed by atoms with E-state index in [1.54, 1.807) is 0 Å². The molecule has 1 unspecified atom stereocenters. The van der Waals surface area contributed by atoms with Gasteiger partial charge in [-0.3, -0.25) is 4.79 Å². The summed E-state index contributed by atoms with van der Waals surface area (Å²) in [6.45, 7) is 3.89. The van der Waals surface area contributed by atoms with Gasteiger partial charge in [0, 0.05) is 5.92 Å². The maximum Gasteiger partial charge on any atom is 0.198 e. The molecule has 0 spiro atoms. The van der Waals surface area contributed by atoms with Crippen molar-refractivity contribution < 1.29 is 4.79 Å². The van der Waals surface area contributed by atoms with Gasteiger partial charge in [-0.2, -0.15) is 10.4 Å². The molecule has 15 heavy (non-hydrogen) atoms. The first-order valence-electron chi connectivity index (χ1n) is 5.02. The molecule has 0 amide bonds. The minimum atomic E-state index is -0.836. The van der Waals surface area contributed by atoms with Crippen LogP contribution in [0.15, 0.2) is 12.7 Å². The first-order valence-corrected chi connectivity index (χ1v) is 5.02. The van der Waals surface area contributed by atoms with Crippen LogP contribution < -0.4 is 0 Å². The van der Waals surface area contributed by atoms with Crippen LogP contribution in [-0.2, 0) is 4.79 Å². The average Bonchev–Trinajstić information content (AvgIpc) is 2.74. The highest BCUT2D eigenvalue weighted by atomic mass is 16.1. The normalized spacial score (nSPS) is 12.4. The van der Waals surface area contributed by atoms with E-state index in [0.717, 1.165) is 12.8 Å². The number of hydrogen-bond acceptors (Lipinski definition) is 4. The van der Waals surface area contributed by atoms with Crippen LogP contribution in [0.3, 0.4) is 0 Å². The lowest BCUT2D eigenvalue weighted by Crippen LogP contribution is -2.25. The highest BCUT2D eigenvalue weighted by Gasteiger charge is 2.26. The van der Waals surface area contributed by atoms with Gasteiger partial charge in [-0.15, -0.1) is 0 Å². The predicted molar refractivity (Wildman–Crippen MR) is 53.8 cm³/mol. The van der Waals surface area contributed by atoms with Gasteiger partial charge in [0.2, 0.25) is 0 Å². The molecule has 0 aromatic carbocycles. The Hall–Kier alpha value is -1.70. The second kappa shape index (κ2) is 5.25. The van der Waals surface area contributed by atoms with Crippen molar-refractivity contribution in [1.82, 2.24) is 14.8 Å². The van der Waals surface area contributed by atoms with Gasteiger partial charge >= 0.3 is 0 Å². The van der Waals surface area contributed by atoms with Crippen LogP contribution >= 0.6 is 0 Å². The summed E-state index contributed by atoms with van der Waals surface area (Å²) in [4.78, 5) is 15.7. The molecule has 0 aliphatic rings. The number of carbonyl (C=O) groups excluding carboxylic acids is 1. The third-order valence-electron chi connectivity index (χ3n) is 2.48. The van der Waals surface area contributed by atoms with Crippen molar-refractivity contribution in [3.8, 4) is 6.07 Å². The third kappa shape index (κ3) is 2.40. The van der Waals surface area contributed by atoms with E-state index < -0.39 is 6.04 Å². The topological polar surface area (TPSA) is 71.6 Å². The van der Waals surface area contributed by atoms with E-state index in [1.165, 1.54) is 17.3 Å². The Kier molecular flexibility index (Phi) is 3.98. The zero-order valence-electron chi connectivity index (χ0n) is 8.92. The average molecular weight is 206 g/mol. The summed E-state index contributed by atoms with van der Waals surface area (Å²) in [5, 5.41) is 12.8. The molecule has 5 heteroatoms. The van der Waals surface area contributed by atoms with Gasteiger partial charge in [-0.25, -0.2) is 9.67 Å². The SMILES string of the molecule is CCC(CC)C(=O)C(C#N)n1cncn1. The summed E-state index contributed by atoms with van der Waals surface area (Å²) in [6, 6.07) is 1.13. The highest BCUT2D eigenvalue weighted by molar-refractivity contribution is 5.87. The molecular formula is C10H14N4O. The monoisotopic (exact) mass is 206 g/mol. The van der Waals surface area contributed by atoms with Crippen LogP contribution in [0.1, 0.15) is 32.7 Å². The summed E-state index contributed by atoms with van der Waals surface area (Å²) >= 11 is 0. The maximum absolute atomic E-state index is 11.9. The number of ketones is 1. The Labute approximate surface area is 88.7 Å². The first-order chi connectivity index (χ1) is 7.24. The van der Waals surface area contributed by atoms with Crippen molar-refractivity contribution in [1.29, 1.82) is 5.26 Å². The van der Waals surface area contributed by atoms with Crippen LogP contribution in [0.25, 0.3) is 0 Å². The van der Waals surface area contributed by atoms with Crippen molar-refractivity contribution in [2.75, 3.05) is 0 Å². The molecule has 0 aliphatic carbocycles. The summed E-state index contributed by atoms with van der Waals surface area (Å²) in [6.07, 6.45) is 4.23. The Morgan fingerprint density at radius 1 is 1.53 bits per heavy atom. The molecule has 0 bridgehead atoms. The van der Waals surface area contributed by atoms with E-state index in [0.29, 0.717) is 0 Å². The van der Waals surface area contributed by atoms with Crippen LogP contribution in [-0.4, -0.2) is 20.5 Å². The van der Waals surface area contributed by atoms with Crippen molar-refractivity contribution in [3.05, 3.63) is 12.7 Å². The Balaban J connectivity index is 2.85. The van der Waals surface area contributed by atoms with Gasteiger partial charge in [0.05, 0.1) is 6.07 Å². The van der Waals surface area contributed by atoms with Crippen LogP contribution in [0.5, 0.6) is 0 Å². The molecule has 1 rings (SSSR count). The zero-order valence-corrected chi connectivity index (χ0v) is 8.92. The van der Waals surface area contributed by atoms with Gasteiger partial charge in [0.15, 0.2) is 11.8 Å². The summed E-state index contributed by atoms with van der Waals surface area (Å²) in [5.74, 6) is -0.146. The lowest BCUT2D eigenvalue weighted by atomic mass is 9.94. The molecule has 1 atom stereocenters. The van der Waals surface area contributed by atoms with Gasteiger partial charge in [0.25, 0.3) is 0 Å². The van der Waals surface area contributed by atoms with E-state index in [1.807, 2.05) is 19.9 Å². The van der Waals surface area contributed by atoms with Crippen LogP contribution in [0.2, 0.25) is 0 Å². The molecule has 0 fully saturated rings. The minimum Gasteiger partial charge on any atom is -0.296 e. The second-order valence-corrected chi connectivity index (χ2v) is 3.32. The molecule has 0 N–H and O–H groups in total. The maximum atomic E-state index is 11.9. The fourth-order valence-corrected chi connectivity index (χ4v) is 1.52. The first kappa shape index (κ1) is 11.4. The number of nitrogens with zero attached hydrogens (tertiary/aromatic N) is 4. The number of hydrogen-bond donors (Lipinski definition) is 0. The molecule has 0 saturated carbocycles. The summed E-state index contributed by atoms with van der Waals surface area (Å²) in [7, 11) is 0. The van der Waals surface area contributed by atoms with Gasteiger partial charge in [-0.1, -0.05) is 13.8 Å². The molecule has 5 nitrogen and oxygen atoms in total. The van der Waals surface area contributed by atoms with Gasteiger partial charge < -0.3 is 0 Å². The molecule has 1 aromatic rings. The molecular weight excluding hydrogens is 192 g/mol. The van der Waals surface area contributed by atoms with Crippen molar-refractivity contribution in [2.45, 2.75) is 32.7 Å². The standard InChI is InChI=1S/C10H14N4O/c1-3-8(4-2)10(15)9(5-11)14-7-12-6-13-14/h6-9H,3-4H2,1-2H3. The molecule has 80 valence electrons. The Morgan fingerprint density at radius 3 is 2.60 bits per heavy atom. The molecule has 0 radical (unpaired) electrons. The number of nitriles is 1. The zero-order chi connectivity index (χ0) is 11.3. The van der Waals surface area contributed by atoms with E-state index in [4.69, 9.17) is 5.26 Å². The molecule has 0 aliphatic heterocycles. The van der Waals surface area contributed by atoms with Gasteiger partial charge in [0.1, 0.15) is 12.7 Å². The van der Waals surface area contributed by atoms with Gasteiger partial charge in [-0.05, 0) is 12.8 Å². The van der Waals surface area contributed by atoms with Crippen LogP contribution in [0.4, 0.5) is 0 Å². The van der Waals surface area contributed by atoms with Crippen molar-refractivity contribution >= 4 is 5.78 Å². The van der Waals surface area contributed by atoms with Crippen LogP contribution in [0, 0.1) is 17.2 Å². The molecule has 0 saturated heterocycles. The molecule has 1 aromatic heterocycles. The fraction of sp³-hybridized carbons (Fsp3) is 0.600. The van der Waals surface area contributed by atoms with Crippen molar-refractivity contribution in [2.24, 2.45) is 5.92 Å². The second-order valence-electron chi connectivity index (χ2n) is 3.32. The fourth-order valence-electron chi connectivity index (χ4n) is 1.52. The highest BCUT2D eigenvalue weighted by Crippen LogP contribution is 2.17. The lowest BCUT2D eigenvalue weighted by molar-refractivity contribution is -0.125. The summed E-state index contributed by atoms with van der Waals surface area (Å²) < 4.78 is 1.31. The van der Waals surface area contributed by atoms with E-state index in [2.05, 4.69) is 10.1 Å². The Morgan fingerprint density at radius 2 is 2.20 bits per heavy atom. The quantitative estimate of drug-likeness (QED) is 0.729. The summed E-state index contributed by atoms with van der Waals surface area (Å²) in [5.41, 5.74) is 0. The van der Waals surface area contributed by atoms with Crippen molar-refractivity contribution in [3.63, 3.8) is 0 Å². The number of aromatic nitrogens is 3. The van der Waals surface area contributed by atoms with E-state index in [9.17, 15) is 4.79 Å². The van der Waals surface area contributed by atoms with E-state index >= 15 is 0 Å². The number of carbonyl (C=O) groups is 1. The minimum absolute atomic E-state index is 0.0705. The third-order valence-corrected chi connectivity index (χ3v) is 2.48. The number of Topliss-reactive ketones (excluding diaryl/α,β-unsaturated/α-hetero) is 1.